The van der Waals surface area contributed by atoms with Gasteiger partial charge in [-0.15, -0.1) is 0 Å². The topological polar surface area (TPSA) is 57.2 Å². The maximum Gasteiger partial charge on any atom is 0.313 e. The van der Waals surface area contributed by atoms with E-state index in [4.69, 9.17) is 19.0 Å². The van der Waals surface area contributed by atoms with Crippen LogP contribution in [0.15, 0.2) is 0 Å². The van der Waals surface area contributed by atoms with Crippen LogP contribution in [0.5, 0.6) is 0 Å². The zero-order chi connectivity index (χ0) is 21.4. The summed E-state index contributed by atoms with van der Waals surface area (Å²) < 4.78 is 19.0. The summed E-state index contributed by atoms with van der Waals surface area (Å²) in [5, 5.41) is 2.03. The molecule has 0 spiro atoms. The summed E-state index contributed by atoms with van der Waals surface area (Å²) in [4.78, 5) is 19.3. The van der Waals surface area contributed by atoms with Gasteiger partial charge in [0, 0.05) is 6.54 Å². The Hall–Kier alpha value is -0.690. The van der Waals surface area contributed by atoms with Crippen molar-refractivity contribution >= 4 is 5.97 Å². The highest BCUT2D eigenvalue weighted by molar-refractivity contribution is 5.74. The summed E-state index contributed by atoms with van der Waals surface area (Å²) in [6.45, 7) is 2.90. The van der Waals surface area contributed by atoms with Crippen LogP contribution >= 0.6 is 0 Å². The van der Waals surface area contributed by atoms with Crippen molar-refractivity contribution in [2.45, 2.75) is 121 Å². The number of esters is 1. The third-order valence-corrected chi connectivity index (χ3v) is 8.77. The minimum Gasteiger partial charge on any atom is -0.469 e. The molecule has 5 fully saturated rings. The lowest BCUT2D eigenvalue weighted by atomic mass is 9.77. The molecule has 5 atom stereocenters. The molecule has 0 aromatic rings. The average Bonchev–Trinajstić information content (AvgIpc) is 3.39. The van der Waals surface area contributed by atoms with Crippen LogP contribution in [0.3, 0.4) is 0 Å². The van der Waals surface area contributed by atoms with E-state index in [0.717, 1.165) is 25.8 Å². The lowest BCUT2D eigenvalue weighted by molar-refractivity contribution is -0.283. The molecule has 0 unspecified atom stereocenters. The van der Waals surface area contributed by atoms with Crippen LogP contribution in [0.25, 0.3) is 0 Å². The number of piperidine rings is 1. The van der Waals surface area contributed by atoms with Crippen molar-refractivity contribution in [2.75, 3.05) is 13.7 Å². The minimum absolute atomic E-state index is 0.0667. The van der Waals surface area contributed by atoms with Gasteiger partial charge in [-0.25, -0.2) is 0 Å². The second kappa shape index (κ2) is 9.28. The third-order valence-electron chi connectivity index (χ3n) is 8.77. The van der Waals surface area contributed by atoms with Crippen LogP contribution in [-0.4, -0.2) is 54.8 Å². The van der Waals surface area contributed by atoms with Gasteiger partial charge in [0.25, 0.3) is 0 Å². The molecule has 5 rings (SSSR count). The van der Waals surface area contributed by atoms with Gasteiger partial charge < -0.3 is 14.2 Å². The van der Waals surface area contributed by atoms with Crippen LogP contribution < -0.4 is 0 Å². The highest BCUT2D eigenvalue weighted by Gasteiger charge is 2.62. The van der Waals surface area contributed by atoms with Crippen LogP contribution in [0.1, 0.15) is 90.4 Å². The molecule has 3 saturated heterocycles. The number of fused-ring (bicyclic) bond motifs is 1. The van der Waals surface area contributed by atoms with Crippen LogP contribution in [0.2, 0.25) is 0 Å². The Bertz CT molecular complexity index is 603. The van der Waals surface area contributed by atoms with E-state index in [0.29, 0.717) is 11.8 Å². The average molecular weight is 436 g/mol. The molecule has 2 saturated carbocycles. The van der Waals surface area contributed by atoms with E-state index in [2.05, 4.69) is 0 Å². The van der Waals surface area contributed by atoms with Gasteiger partial charge in [0.15, 0.2) is 5.79 Å². The molecule has 0 aromatic carbocycles. The van der Waals surface area contributed by atoms with Crippen molar-refractivity contribution in [3.05, 3.63) is 0 Å². The van der Waals surface area contributed by atoms with Crippen molar-refractivity contribution in [1.29, 1.82) is 0 Å². The number of hydroxylamine groups is 2. The highest BCUT2D eigenvalue weighted by atomic mass is 16.8. The molecule has 0 aromatic heterocycles. The Balaban J connectivity index is 1.42. The lowest BCUT2D eigenvalue weighted by Crippen LogP contribution is -2.49. The van der Waals surface area contributed by atoms with Gasteiger partial charge in [-0.2, -0.15) is 5.06 Å². The SMILES string of the molecule is COC(=O)[C@@H]1[C@H]2CCCCN2O[C@H]1C1(C)O[C@H](C2CCCCC2)[C@@H](C2CCCCC2)O1. The molecule has 0 radical (unpaired) electrons. The molecule has 31 heavy (non-hydrogen) atoms. The molecule has 0 amide bonds. The van der Waals surface area contributed by atoms with E-state index in [1.54, 1.807) is 0 Å². The quantitative estimate of drug-likeness (QED) is 0.602. The molecule has 0 bridgehead atoms. The molecular weight excluding hydrogens is 394 g/mol. The number of carbonyl (C=O) groups is 1. The van der Waals surface area contributed by atoms with Crippen LogP contribution in [-0.2, 0) is 23.8 Å². The summed E-state index contributed by atoms with van der Waals surface area (Å²) >= 11 is 0. The number of hydrogen-bond acceptors (Lipinski definition) is 6. The summed E-state index contributed by atoms with van der Waals surface area (Å²) in [6, 6.07) is 0.0667. The van der Waals surface area contributed by atoms with Crippen molar-refractivity contribution in [1.82, 2.24) is 5.06 Å². The first-order valence-electron chi connectivity index (χ1n) is 13.0. The molecule has 5 aliphatic rings. The van der Waals surface area contributed by atoms with Gasteiger partial charge in [-0.05, 0) is 57.3 Å². The van der Waals surface area contributed by atoms with E-state index >= 15 is 0 Å². The first kappa shape index (κ1) is 22.1. The fourth-order valence-electron chi connectivity index (χ4n) is 7.16. The molecule has 3 aliphatic heterocycles. The maximum absolute atomic E-state index is 12.9. The fraction of sp³-hybridized carbons (Fsp3) is 0.960. The third kappa shape index (κ3) is 4.18. The van der Waals surface area contributed by atoms with Crippen molar-refractivity contribution in [3.63, 3.8) is 0 Å². The van der Waals surface area contributed by atoms with Gasteiger partial charge in [0.2, 0.25) is 0 Å². The Morgan fingerprint density at radius 3 is 1.94 bits per heavy atom. The lowest BCUT2D eigenvalue weighted by Gasteiger charge is -2.34. The molecule has 176 valence electrons. The number of nitrogens with zero attached hydrogens (tertiary/aromatic N) is 1. The Morgan fingerprint density at radius 2 is 1.39 bits per heavy atom. The molecule has 2 aliphatic carbocycles. The van der Waals surface area contributed by atoms with Gasteiger partial charge in [0.1, 0.15) is 12.0 Å². The van der Waals surface area contributed by atoms with E-state index in [9.17, 15) is 4.79 Å². The summed E-state index contributed by atoms with van der Waals surface area (Å²) in [5.74, 6) is -0.331. The summed E-state index contributed by atoms with van der Waals surface area (Å²) in [6.07, 6.45) is 15.7. The monoisotopic (exact) mass is 435 g/mol. The number of methoxy groups -OCH3 is 1. The molecule has 0 N–H and O–H groups in total. The number of carbonyl (C=O) groups excluding carboxylic acids is 1. The zero-order valence-electron chi connectivity index (χ0n) is 19.4. The Morgan fingerprint density at radius 1 is 0.839 bits per heavy atom. The van der Waals surface area contributed by atoms with Crippen molar-refractivity contribution < 1.29 is 23.8 Å². The van der Waals surface area contributed by atoms with Crippen LogP contribution in [0.4, 0.5) is 0 Å². The van der Waals surface area contributed by atoms with Crippen molar-refractivity contribution in [2.24, 2.45) is 17.8 Å². The molecule has 6 heteroatoms. The second-order valence-corrected chi connectivity index (χ2v) is 10.8. The maximum atomic E-state index is 12.9. The molecule has 6 nitrogen and oxygen atoms in total. The predicted octanol–water partition coefficient (Wildman–Crippen LogP) is 4.60. The highest BCUT2D eigenvalue weighted by Crippen LogP contribution is 2.49. The number of hydrogen-bond donors (Lipinski definition) is 0. The standard InChI is InChI=1S/C25H41NO5/c1-25(23-20(24(27)28-2)19-15-9-10-16-26(19)31-23)29-21(17-11-5-3-6-12-17)22(30-25)18-13-7-4-8-14-18/h17-23H,3-16H2,1-2H3/t19-,20-,21-,22-,23-/m1/s1. The first-order chi connectivity index (χ1) is 15.1. The van der Waals surface area contributed by atoms with E-state index in [-0.39, 0.29) is 30.1 Å². The number of rotatable bonds is 4. The second-order valence-electron chi connectivity index (χ2n) is 10.8. The predicted molar refractivity (Wildman–Crippen MR) is 116 cm³/mol. The first-order valence-corrected chi connectivity index (χ1v) is 13.0. The van der Waals surface area contributed by atoms with Gasteiger partial charge in [-0.3, -0.25) is 9.63 Å². The smallest absolute Gasteiger partial charge is 0.313 e. The van der Waals surface area contributed by atoms with E-state index in [1.165, 1.54) is 71.3 Å². The summed E-state index contributed by atoms with van der Waals surface area (Å²) in [7, 11) is 1.49. The van der Waals surface area contributed by atoms with Gasteiger partial charge >= 0.3 is 5.97 Å². The zero-order valence-corrected chi connectivity index (χ0v) is 19.4. The van der Waals surface area contributed by atoms with Crippen molar-refractivity contribution in [3.8, 4) is 0 Å². The van der Waals surface area contributed by atoms with Gasteiger partial charge in [0.05, 0.1) is 25.4 Å². The normalized spacial score (nSPS) is 40.0. The Kier molecular flexibility index (Phi) is 6.62. The van der Waals surface area contributed by atoms with Gasteiger partial charge in [-0.1, -0.05) is 44.9 Å². The largest absolute Gasteiger partial charge is 0.469 e. The fourth-order valence-corrected chi connectivity index (χ4v) is 7.16. The van der Waals surface area contributed by atoms with E-state index < -0.39 is 11.9 Å². The summed E-state index contributed by atoms with van der Waals surface area (Å²) in [5.41, 5.74) is 0. The van der Waals surface area contributed by atoms with E-state index in [1.807, 2.05) is 12.0 Å². The molecular formula is C25H41NO5. The Labute approximate surface area is 187 Å². The van der Waals surface area contributed by atoms with Crippen LogP contribution in [0, 0.1) is 17.8 Å². The number of ether oxygens (including phenoxy) is 3. The minimum atomic E-state index is -0.902. The molecule has 3 heterocycles.